The molecule has 0 saturated carbocycles. The Bertz CT molecular complexity index is 1280. The van der Waals surface area contributed by atoms with Gasteiger partial charge in [-0.05, 0) is 61.4 Å². The molecule has 0 aliphatic heterocycles. The number of nitro groups is 1. The molecular weight excluding hydrogens is 476 g/mol. The molecule has 11 heteroatoms. The smallest absolute Gasteiger partial charge is 0.296 e. The number of anilines is 1. The van der Waals surface area contributed by atoms with Crippen molar-refractivity contribution >= 4 is 34.1 Å². The van der Waals surface area contributed by atoms with E-state index in [2.05, 4.69) is 20.5 Å². The first kappa shape index (κ1) is 27.4. The van der Waals surface area contributed by atoms with Gasteiger partial charge < -0.3 is 19.5 Å². The summed E-state index contributed by atoms with van der Waals surface area (Å²) >= 11 is 0. The molecule has 0 unspecified atom stereocenters. The van der Waals surface area contributed by atoms with Gasteiger partial charge in [-0.15, -0.1) is 15.3 Å². The third-order valence-corrected chi connectivity index (χ3v) is 5.51. The largest absolute Gasteiger partial charge is 0.494 e. The molecule has 3 aromatic carbocycles. The summed E-state index contributed by atoms with van der Waals surface area (Å²) in [5.74, 6) is 0.437. The molecule has 0 spiro atoms. The number of aryl methyl sites for hydroxylation is 2. The number of nitrogens with zero attached hydrogens (tertiary/aromatic N) is 6. The van der Waals surface area contributed by atoms with E-state index in [1.54, 1.807) is 38.3 Å². The van der Waals surface area contributed by atoms with Gasteiger partial charge in [-0.1, -0.05) is 6.07 Å². The van der Waals surface area contributed by atoms with Crippen molar-refractivity contribution in [1.29, 1.82) is 0 Å². The summed E-state index contributed by atoms with van der Waals surface area (Å²) in [5, 5.41) is 37.6. The van der Waals surface area contributed by atoms with Crippen LogP contribution in [-0.4, -0.2) is 50.6 Å². The molecule has 11 nitrogen and oxygen atoms in total. The van der Waals surface area contributed by atoms with Crippen molar-refractivity contribution in [2.45, 2.75) is 13.8 Å². The van der Waals surface area contributed by atoms with Crippen LogP contribution in [0.5, 0.6) is 5.75 Å². The first-order valence-electron chi connectivity index (χ1n) is 11.6. The lowest BCUT2D eigenvalue weighted by molar-refractivity contribution is -0.384. The van der Waals surface area contributed by atoms with Gasteiger partial charge >= 0.3 is 0 Å². The van der Waals surface area contributed by atoms with Crippen molar-refractivity contribution < 1.29 is 19.5 Å². The quantitative estimate of drug-likeness (QED) is 0.169. The molecule has 0 saturated heterocycles. The van der Waals surface area contributed by atoms with Gasteiger partial charge in [-0.2, -0.15) is 5.11 Å². The fourth-order valence-electron chi connectivity index (χ4n) is 3.52. The molecular formula is C26H30N6O5. The summed E-state index contributed by atoms with van der Waals surface area (Å²) in [5.41, 5.74) is 4.17. The number of hydrogen-bond acceptors (Lipinski definition) is 10. The number of rotatable bonds is 12. The van der Waals surface area contributed by atoms with Crippen LogP contribution in [0.15, 0.2) is 75.1 Å². The number of azo groups is 2. The highest BCUT2D eigenvalue weighted by Crippen LogP contribution is 2.37. The lowest BCUT2D eigenvalue weighted by Gasteiger charge is -2.23. The van der Waals surface area contributed by atoms with E-state index in [9.17, 15) is 15.2 Å². The molecule has 0 heterocycles. The maximum Gasteiger partial charge on any atom is 0.296 e. The zero-order valence-corrected chi connectivity index (χ0v) is 21.3. The van der Waals surface area contributed by atoms with E-state index < -0.39 is 4.92 Å². The van der Waals surface area contributed by atoms with E-state index >= 15 is 0 Å². The highest BCUT2D eigenvalue weighted by molar-refractivity contribution is 5.64. The van der Waals surface area contributed by atoms with E-state index in [1.807, 2.05) is 36.1 Å². The third kappa shape index (κ3) is 7.38. The van der Waals surface area contributed by atoms with Crippen molar-refractivity contribution in [3.05, 3.63) is 75.8 Å². The molecule has 0 fully saturated rings. The predicted octanol–water partition coefficient (Wildman–Crippen LogP) is 6.50. The monoisotopic (exact) mass is 506 g/mol. The maximum atomic E-state index is 11.4. The zero-order chi connectivity index (χ0) is 26.8. The highest BCUT2D eigenvalue weighted by atomic mass is 16.6. The van der Waals surface area contributed by atoms with Gasteiger partial charge in [0.15, 0.2) is 5.69 Å². The Kier molecular flexibility index (Phi) is 9.76. The molecule has 0 radical (unpaired) electrons. The summed E-state index contributed by atoms with van der Waals surface area (Å²) in [6.07, 6.45) is 0. The van der Waals surface area contributed by atoms with E-state index in [0.29, 0.717) is 42.5 Å². The Morgan fingerprint density at radius 1 is 0.892 bits per heavy atom. The molecule has 1 N–H and O–H groups in total. The van der Waals surface area contributed by atoms with E-state index in [4.69, 9.17) is 9.47 Å². The second kappa shape index (κ2) is 13.2. The van der Waals surface area contributed by atoms with Crippen LogP contribution < -0.4 is 9.64 Å². The van der Waals surface area contributed by atoms with Crippen LogP contribution >= 0.6 is 0 Å². The maximum absolute atomic E-state index is 11.4. The molecule has 3 rings (SSSR count). The third-order valence-electron chi connectivity index (χ3n) is 5.51. The van der Waals surface area contributed by atoms with Crippen LogP contribution in [0.4, 0.5) is 34.1 Å². The van der Waals surface area contributed by atoms with Gasteiger partial charge in [0.2, 0.25) is 0 Å². The number of hydrogen-bond donors (Lipinski definition) is 1. The second-order valence-corrected chi connectivity index (χ2v) is 8.18. The number of aliphatic hydroxyl groups is 1. The Balaban J connectivity index is 1.81. The fourth-order valence-corrected chi connectivity index (χ4v) is 3.52. The van der Waals surface area contributed by atoms with E-state index in [0.717, 1.165) is 16.8 Å². The number of ether oxygens (including phenoxy) is 2. The van der Waals surface area contributed by atoms with Gasteiger partial charge in [0, 0.05) is 38.0 Å². The predicted molar refractivity (Wildman–Crippen MR) is 142 cm³/mol. The van der Waals surface area contributed by atoms with Gasteiger partial charge in [0.05, 0.1) is 36.6 Å². The minimum absolute atomic E-state index is 0.0434. The Morgan fingerprint density at radius 2 is 1.59 bits per heavy atom. The standard InChI is InChI=1S/C26H30N6O5/c1-18-5-10-22(25(15-18)32(34)35)28-29-23-17-26(37-4)24(16-19(23)2)30-27-20-6-8-21(9-7-20)31(11-13-33)12-14-36-3/h5-10,15-17,33H,11-14H2,1-4H3. The van der Waals surface area contributed by atoms with Crippen molar-refractivity contribution in [3.63, 3.8) is 0 Å². The molecule has 0 atom stereocenters. The van der Waals surface area contributed by atoms with Crippen LogP contribution in [0.1, 0.15) is 11.1 Å². The number of nitro benzene ring substituents is 1. The molecule has 0 aromatic heterocycles. The SMILES string of the molecule is COCCN(CCO)c1ccc(N=Nc2cc(C)c(N=Nc3ccc(C)cc3[N+](=O)[O-])cc2OC)cc1. The van der Waals surface area contributed by atoms with Crippen LogP contribution in [0, 0.1) is 24.0 Å². The molecule has 37 heavy (non-hydrogen) atoms. The van der Waals surface area contributed by atoms with Gasteiger partial charge in [0.1, 0.15) is 11.4 Å². The van der Waals surface area contributed by atoms with Crippen molar-refractivity contribution in [3.8, 4) is 5.75 Å². The summed E-state index contributed by atoms with van der Waals surface area (Å²) in [6, 6.07) is 15.7. The Morgan fingerprint density at radius 3 is 2.24 bits per heavy atom. The van der Waals surface area contributed by atoms with Crippen molar-refractivity contribution in [1.82, 2.24) is 0 Å². The molecule has 0 aliphatic rings. The van der Waals surface area contributed by atoms with Gasteiger partial charge in [-0.3, -0.25) is 10.1 Å². The molecule has 0 amide bonds. The molecule has 0 bridgehead atoms. The second-order valence-electron chi connectivity index (χ2n) is 8.18. The highest BCUT2D eigenvalue weighted by Gasteiger charge is 2.14. The van der Waals surface area contributed by atoms with Gasteiger partial charge in [-0.25, -0.2) is 0 Å². The lowest BCUT2D eigenvalue weighted by Crippen LogP contribution is -2.29. The molecule has 3 aromatic rings. The summed E-state index contributed by atoms with van der Waals surface area (Å²) in [4.78, 5) is 12.9. The Hall–Kier alpha value is -4.22. The average molecular weight is 507 g/mol. The number of benzene rings is 3. The van der Waals surface area contributed by atoms with E-state index in [1.165, 1.54) is 13.2 Å². The van der Waals surface area contributed by atoms with Crippen molar-refractivity contribution in [2.24, 2.45) is 20.5 Å². The van der Waals surface area contributed by atoms with Crippen LogP contribution in [0.2, 0.25) is 0 Å². The van der Waals surface area contributed by atoms with Crippen LogP contribution in [0.25, 0.3) is 0 Å². The summed E-state index contributed by atoms with van der Waals surface area (Å²) in [7, 11) is 3.15. The topological polar surface area (TPSA) is 135 Å². The lowest BCUT2D eigenvalue weighted by atomic mass is 10.1. The zero-order valence-electron chi connectivity index (χ0n) is 21.3. The normalized spacial score (nSPS) is 11.4. The Labute approximate surface area is 215 Å². The number of methoxy groups -OCH3 is 2. The minimum Gasteiger partial charge on any atom is -0.494 e. The van der Waals surface area contributed by atoms with Crippen LogP contribution in [0.3, 0.4) is 0 Å². The van der Waals surface area contributed by atoms with Gasteiger partial charge in [0.25, 0.3) is 5.69 Å². The first-order chi connectivity index (χ1) is 17.9. The summed E-state index contributed by atoms with van der Waals surface area (Å²) < 4.78 is 10.6. The minimum atomic E-state index is -0.478. The van der Waals surface area contributed by atoms with Crippen LogP contribution in [-0.2, 0) is 4.74 Å². The average Bonchev–Trinajstić information content (AvgIpc) is 2.90. The first-order valence-corrected chi connectivity index (χ1v) is 11.6. The summed E-state index contributed by atoms with van der Waals surface area (Å²) in [6.45, 7) is 5.37. The molecule has 194 valence electrons. The number of aliphatic hydroxyl groups excluding tert-OH is 1. The fraction of sp³-hybridized carbons (Fsp3) is 0.308. The van der Waals surface area contributed by atoms with Crippen molar-refractivity contribution in [2.75, 3.05) is 45.4 Å². The van der Waals surface area contributed by atoms with E-state index in [-0.39, 0.29) is 18.0 Å². The molecule has 0 aliphatic carbocycles.